The molecule has 64 heavy (non-hydrogen) atoms. The zero-order valence-electron chi connectivity index (χ0n) is 34.2. The average molecular weight is 819 g/mol. The molecule has 0 amide bonds. The largest absolute Gasteiger partial charge is 0.456 e. The Hall–Kier alpha value is -8.74. The Balaban J connectivity index is 1.04. The van der Waals surface area contributed by atoms with Crippen LogP contribution in [-0.4, -0.2) is 19.9 Å². The van der Waals surface area contributed by atoms with Gasteiger partial charge in [-0.15, -0.1) is 0 Å². The molecule has 0 radical (unpaired) electrons. The van der Waals surface area contributed by atoms with Crippen LogP contribution < -0.4 is 0 Å². The van der Waals surface area contributed by atoms with E-state index in [2.05, 4.69) is 140 Å². The zero-order chi connectivity index (χ0) is 42.1. The molecule has 0 unspecified atom stereocenters. The summed E-state index contributed by atoms with van der Waals surface area (Å²) in [6, 6.07) is 70.8. The van der Waals surface area contributed by atoms with Gasteiger partial charge in [-0.05, 0) is 47.5 Å². The maximum atomic E-state index is 6.68. The topological polar surface area (TPSA) is 77.8 Å². The van der Waals surface area contributed by atoms with E-state index in [1.807, 2.05) is 66.7 Å². The Labute approximate surface area is 366 Å². The van der Waals surface area contributed by atoms with Gasteiger partial charge in [-0.3, -0.25) is 0 Å². The van der Waals surface area contributed by atoms with Gasteiger partial charge in [0.2, 0.25) is 0 Å². The van der Waals surface area contributed by atoms with Gasteiger partial charge in [0.25, 0.3) is 0 Å². The van der Waals surface area contributed by atoms with Crippen LogP contribution in [-0.2, 0) is 0 Å². The molecule has 0 aliphatic carbocycles. The first-order valence-corrected chi connectivity index (χ1v) is 21.4. The predicted octanol–water partition coefficient (Wildman–Crippen LogP) is 15.4. The van der Waals surface area contributed by atoms with E-state index in [1.54, 1.807) is 0 Å². The molecule has 13 rings (SSSR count). The van der Waals surface area contributed by atoms with Crippen molar-refractivity contribution in [3.05, 3.63) is 206 Å². The third-order valence-corrected chi connectivity index (χ3v) is 12.3. The van der Waals surface area contributed by atoms with E-state index in [4.69, 9.17) is 28.8 Å². The smallest absolute Gasteiger partial charge is 0.164 e. The van der Waals surface area contributed by atoms with E-state index in [0.29, 0.717) is 17.5 Å². The first-order valence-electron chi connectivity index (χ1n) is 21.4. The predicted molar refractivity (Wildman–Crippen MR) is 260 cm³/mol. The second kappa shape index (κ2) is 14.4. The van der Waals surface area contributed by atoms with Crippen molar-refractivity contribution in [1.82, 2.24) is 19.9 Å². The minimum Gasteiger partial charge on any atom is -0.456 e. The average Bonchev–Trinajstić information content (AvgIpc) is 3.94. The van der Waals surface area contributed by atoms with Crippen LogP contribution >= 0.6 is 0 Å². The van der Waals surface area contributed by atoms with Crippen molar-refractivity contribution < 1.29 is 8.83 Å². The molecule has 0 N–H and O–H groups in total. The van der Waals surface area contributed by atoms with E-state index in [-0.39, 0.29) is 0 Å². The summed E-state index contributed by atoms with van der Waals surface area (Å²) in [5.74, 6) is 1.74. The van der Waals surface area contributed by atoms with Crippen LogP contribution in [0.2, 0.25) is 0 Å². The number of fused-ring (bicyclic) bond motifs is 9. The van der Waals surface area contributed by atoms with Crippen LogP contribution in [0.25, 0.3) is 133 Å². The Morgan fingerprint density at radius 1 is 0.297 bits per heavy atom. The monoisotopic (exact) mass is 818 g/mol. The molecule has 4 heterocycles. The highest BCUT2D eigenvalue weighted by Gasteiger charge is 2.23. The fraction of sp³-hybridized carbons (Fsp3) is 0. The van der Waals surface area contributed by atoms with Crippen LogP contribution in [0.3, 0.4) is 0 Å². The Morgan fingerprint density at radius 2 is 0.828 bits per heavy atom. The number of rotatable bonds is 6. The van der Waals surface area contributed by atoms with E-state index in [1.165, 1.54) is 0 Å². The van der Waals surface area contributed by atoms with Crippen LogP contribution in [0.15, 0.2) is 215 Å². The van der Waals surface area contributed by atoms with Gasteiger partial charge in [-0.25, -0.2) is 19.9 Å². The number of nitrogens with zero attached hydrogens (tertiary/aromatic N) is 4. The second-order valence-electron chi connectivity index (χ2n) is 16.1. The Bertz CT molecular complexity index is 3970. The van der Waals surface area contributed by atoms with E-state index >= 15 is 0 Å². The molecule has 0 saturated heterocycles. The van der Waals surface area contributed by atoms with Gasteiger partial charge in [-0.2, -0.15) is 0 Å². The van der Waals surface area contributed by atoms with Crippen molar-refractivity contribution >= 4 is 65.6 Å². The summed E-state index contributed by atoms with van der Waals surface area (Å²) in [6.45, 7) is 0. The van der Waals surface area contributed by atoms with Gasteiger partial charge in [0.1, 0.15) is 22.3 Å². The quantitative estimate of drug-likeness (QED) is 0.156. The van der Waals surface area contributed by atoms with Gasteiger partial charge in [0.05, 0.1) is 11.2 Å². The number of furan rings is 2. The minimum atomic E-state index is 0.570. The van der Waals surface area contributed by atoms with Gasteiger partial charge in [0, 0.05) is 71.1 Å². The van der Waals surface area contributed by atoms with Crippen molar-refractivity contribution in [3.63, 3.8) is 0 Å². The van der Waals surface area contributed by atoms with E-state index in [0.717, 1.165) is 116 Å². The summed E-state index contributed by atoms with van der Waals surface area (Å²) in [7, 11) is 0. The van der Waals surface area contributed by atoms with Crippen molar-refractivity contribution in [2.75, 3.05) is 0 Å². The van der Waals surface area contributed by atoms with Crippen molar-refractivity contribution in [3.8, 4) is 67.7 Å². The maximum Gasteiger partial charge on any atom is 0.164 e. The standard InChI is InChI=1S/C58H34N4O2/c1-3-16-35(17-4-1)54-46-34-50-53(45-26-9-12-31-49(45)63-50)51(52(46)44-25-7-10-29-47(44)59-54)38-21-14-23-40(33-38)58-61-56(36-18-5-2-6-19-36)60-57(62-58)39-22-13-20-37(32-39)41-27-15-28-43-42-24-8-11-30-48(42)64-55(41)43/h1-34H. The summed E-state index contributed by atoms with van der Waals surface area (Å²) in [6.07, 6.45) is 0. The third kappa shape index (κ3) is 5.81. The summed E-state index contributed by atoms with van der Waals surface area (Å²) in [5, 5.41) is 7.47. The molecule has 0 aliphatic heterocycles. The number of pyridine rings is 1. The fourth-order valence-corrected chi connectivity index (χ4v) is 9.39. The van der Waals surface area contributed by atoms with Crippen molar-refractivity contribution in [1.29, 1.82) is 0 Å². The summed E-state index contributed by atoms with van der Waals surface area (Å²) in [5.41, 5.74) is 13.0. The highest BCUT2D eigenvalue weighted by molar-refractivity contribution is 6.28. The summed E-state index contributed by atoms with van der Waals surface area (Å²) >= 11 is 0. The molecule has 6 nitrogen and oxygen atoms in total. The van der Waals surface area contributed by atoms with Crippen molar-refractivity contribution in [2.45, 2.75) is 0 Å². The Morgan fingerprint density at radius 3 is 1.58 bits per heavy atom. The second-order valence-corrected chi connectivity index (χ2v) is 16.1. The molecule has 0 atom stereocenters. The lowest BCUT2D eigenvalue weighted by Gasteiger charge is -2.16. The molecular formula is C58H34N4O2. The highest BCUT2D eigenvalue weighted by atomic mass is 16.3. The van der Waals surface area contributed by atoms with Crippen LogP contribution in [0.4, 0.5) is 0 Å². The minimum absolute atomic E-state index is 0.570. The number of hydrogen-bond donors (Lipinski definition) is 0. The molecule has 0 fully saturated rings. The number of para-hydroxylation sites is 4. The summed E-state index contributed by atoms with van der Waals surface area (Å²) < 4.78 is 13.1. The number of aromatic nitrogens is 4. The zero-order valence-corrected chi connectivity index (χ0v) is 34.2. The third-order valence-electron chi connectivity index (χ3n) is 12.3. The molecule has 6 heteroatoms. The number of hydrogen-bond acceptors (Lipinski definition) is 6. The SMILES string of the molecule is c1ccc(-c2nc(-c3cccc(-c4cccc5c4oc4ccccc45)c3)nc(-c3cccc(-c4c5c(cc6c(-c7ccccc7)nc7ccccc7c46)oc4ccccc45)c3)n2)cc1. The van der Waals surface area contributed by atoms with Crippen LogP contribution in [0, 0.1) is 0 Å². The van der Waals surface area contributed by atoms with Crippen molar-refractivity contribution in [2.24, 2.45) is 0 Å². The molecule has 13 aromatic rings. The lowest BCUT2D eigenvalue weighted by atomic mass is 9.89. The van der Waals surface area contributed by atoms with Gasteiger partial charge in [-0.1, -0.05) is 170 Å². The molecular weight excluding hydrogens is 785 g/mol. The normalized spacial score (nSPS) is 11.8. The molecule has 0 saturated carbocycles. The lowest BCUT2D eigenvalue weighted by molar-refractivity contribution is 0.669. The Kier molecular flexibility index (Phi) is 8.11. The molecule has 9 aromatic carbocycles. The lowest BCUT2D eigenvalue weighted by Crippen LogP contribution is -2.00. The van der Waals surface area contributed by atoms with Gasteiger partial charge < -0.3 is 8.83 Å². The molecule has 298 valence electrons. The highest BCUT2D eigenvalue weighted by Crippen LogP contribution is 2.47. The first kappa shape index (κ1) is 36.0. The maximum absolute atomic E-state index is 6.68. The molecule has 0 aliphatic rings. The fourth-order valence-electron chi connectivity index (χ4n) is 9.39. The van der Waals surface area contributed by atoms with E-state index in [9.17, 15) is 0 Å². The van der Waals surface area contributed by atoms with Crippen LogP contribution in [0.5, 0.6) is 0 Å². The van der Waals surface area contributed by atoms with Gasteiger partial charge >= 0.3 is 0 Å². The molecule has 0 spiro atoms. The molecule has 4 aromatic heterocycles. The molecule has 0 bridgehead atoms. The first-order chi connectivity index (χ1) is 31.7. The summed E-state index contributed by atoms with van der Waals surface area (Å²) in [4.78, 5) is 20.9. The van der Waals surface area contributed by atoms with Gasteiger partial charge in [0.15, 0.2) is 17.5 Å². The number of benzene rings is 9. The van der Waals surface area contributed by atoms with E-state index < -0.39 is 0 Å². The van der Waals surface area contributed by atoms with Crippen LogP contribution in [0.1, 0.15) is 0 Å².